The topological polar surface area (TPSA) is 97.0 Å². The number of nitriles is 1. The fourth-order valence-corrected chi connectivity index (χ4v) is 3.64. The number of rotatable bonds is 8. The highest BCUT2D eigenvalue weighted by molar-refractivity contribution is 7.92. The zero-order chi connectivity index (χ0) is 20.0. The normalized spacial score (nSPS) is 11.0. The zero-order valence-corrected chi connectivity index (χ0v) is 16.2. The van der Waals surface area contributed by atoms with Gasteiger partial charge in [-0.1, -0.05) is 37.3 Å². The van der Waals surface area contributed by atoms with Gasteiger partial charge in [-0.25, -0.2) is 8.42 Å². The van der Waals surface area contributed by atoms with Gasteiger partial charge in [-0.05, 0) is 30.2 Å². The van der Waals surface area contributed by atoms with Crippen molar-refractivity contribution >= 4 is 15.7 Å². The molecule has 0 spiro atoms. The molecule has 3 aromatic rings. The van der Waals surface area contributed by atoms with Crippen molar-refractivity contribution in [1.82, 2.24) is 9.78 Å². The van der Waals surface area contributed by atoms with Gasteiger partial charge in [-0.3, -0.25) is 9.40 Å². The molecule has 1 N–H and O–H groups in total. The third kappa shape index (κ3) is 4.69. The minimum Gasteiger partial charge on any atom is -0.492 e. The van der Waals surface area contributed by atoms with Crippen LogP contribution in [0.3, 0.4) is 0 Å². The monoisotopic (exact) mass is 396 g/mol. The summed E-state index contributed by atoms with van der Waals surface area (Å²) in [7, 11) is -3.85. The second-order valence-electron chi connectivity index (χ2n) is 6.14. The number of nitrogens with one attached hydrogen (secondary N) is 1. The Morgan fingerprint density at radius 3 is 2.71 bits per heavy atom. The Balaban J connectivity index is 1.76. The third-order valence-corrected chi connectivity index (χ3v) is 5.30. The van der Waals surface area contributed by atoms with Crippen molar-refractivity contribution in [3.05, 3.63) is 72.1 Å². The molecule has 0 fully saturated rings. The molecule has 0 amide bonds. The Kier molecular flexibility index (Phi) is 5.96. The van der Waals surface area contributed by atoms with E-state index in [4.69, 9.17) is 4.74 Å². The second kappa shape index (κ2) is 8.59. The predicted molar refractivity (Wildman–Crippen MR) is 106 cm³/mol. The number of hydrogen-bond donors (Lipinski definition) is 1. The summed E-state index contributed by atoms with van der Waals surface area (Å²) in [6.07, 6.45) is 3.86. The van der Waals surface area contributed by atoms with Crippen LogP contribution in [-0.2, 0) is 16.6 Å². The van der Waals surface area contributed by atoms with E-state index in [1.165, 1.54) is 24.4 Å². The maximum atomic E-state index is 12.7. The molecule has 0 aliphatic carbocycles. The maximum absolute atomic E-state index is 12.7. The summed E-state index contributed by atoms with van der Waals surface area (Å²) < 4.78 is 34.9. The number of nitrogens with zero attached hydrogens (tertiary/aromatic N) is 3. The highest BCUT2D eigenvalue weighted by atomic mass is 32.2. The molecular formula is C20H20N4O3S. The van der Waals surface area contributed by atoms with Crippen molar-refractivity contribution in [1.29, 1.82) is 5.26 Å². The highest BCUT2D eigenvalue weighted by Gasteiger charge is 2.18. The Bertz CT molecular complexity index is 1090. The van der Waals surface area contributed by atoms with Crippen molar-refractivity contribution in [2.75, 3.05) is 11.3 Å². The Morgan fingerprint density at radius 2 is 2.00 bits per heavy atom. The van der Waals surface area contributed by atoms with E-state index in [-0.39, 0.29) is 10.5 Å². The van der Waals surface area contributed by atoms with Crippen molar-refractivity contribution in [3.8, 4) is 11.8 Å². The first-order valence-corrected chi connectivity index (χ1v) is 10.3. The summed E-state index contributed by atoms with van der Waals surface area (Å²) in [6, 6.07) is 15.9. The molecule has 0 saturated heterocycles. The van der Waals surface area contributed by atoms with Crippen molar-refractivity contribution < 1.29 is 13.2 Å². The second-order valence-corrected chi connectivity index (χ2v) is 7.82. The lowest BCUT2D eigenvalue weighted by atomic mass is 10.2. The Labute approximate surface area is 164 Å². The molecule has 2 aromatic carbocycles. The Hall–Kier alpha value is -3.31. The van der Waals surface area contributed by atoms with E-state index in [0.717, 1.165) is 12.0 Å². The van der Waals surface area contributed by atoms with E-state index >= 15 is 0 Å². The summed E-state index contributed by atoms with van der Waals surface area (Å²) in [4.78, 5) is -0.0105. The van der Waals surface area contributed by atoms with Gasteiger partial charge in [-0.2, -0.15) is 10.4 Å². The van der Waals surface area contributed by atoms with Crippen LogP contribution in [-0.4, -0.2) is 24.8 Å². The molecule has 0 unspecified atom stereocenters. The Morgan fingerprint density at radius 1 is 1.21 bits per heavy atom. The zero-order valence-electron chi connectivity index (χ0n) is 15.4. The van der Waals surface area contributed by atoms with Gasteiger partial charge >= 0.3 is 0 Å². The summed E-state index contributed by atoms with van der Waals surface area (Å²) >= 11 is 0. The number of hydrogen-bond acceptors (Lipinski definition) is 5. The first-order chi connectivity index (χ1) is 13.5. The predicted octanol–water partition coefficient (Wildman–Crippen LogP) is 3.39. The van der Waals surface area contributed by atoms with Gasteiger partial charge in [0.15, 0.2) is 0 Å². The van der Waals surface area contributed by atoms with Gasteiger partial charge < -0.3 is 4.74 Å². The van der Waals surface area contributed by atoms with Crippen molar-refractivity contribution in [2.24, 2.45) is 0 Å². The van der Waals surface area contributed by atoms with E-state index in [1.54, 1.807) is 10.9 Å². The SMILES string of the molecule is CCCOc1ccc(S(=O)(=O)Nc2cnn(Cc3ccccc3)c2)cc1C#N. The van der Waals surface area contributed by atoms with Gasteiger partial charge in [-0.15, -0.1) is 0 Å². The average molecular weight is 396 g/mol. The van der Waals surface area contributed by atoms with Gasteiger partial charge in [0.2, 0.25) is 0 Å². The lowest BCUT2D eigenvalue weighted by Crippen LogP contribution is -2.13. The molecular weight excluding hydrogens is 376 g/mol. The van der Waals surface area contributed by atoms with Crippen LogP contribution in [0.4, 0.5) is 5.69 Å². The van der Waals surface area contributed by atoms with E-state index in [9.17, 15) is 13.7 Å². The first-order valence-electron chi connectivity index (χ1n) is 8.78. The molecule has 144 valence electrons. The van der Waals surface area contributed by atoms with E-state index in [1.807, 2.05) is 43.3 Å². The lowest BCUT2D eigenvalue weighted by molar-refractivity contribution is 0.316. The smallest absolute Gasteiger partial charge is 0.262 e. The molecule has 28 heavy (non-hydrogen) atoms. The van der Waals surface area contributed by atoms with Crippen LogP contribution in [0, 0.1) is 11.3 Å². The standard InChI is InChI=1S/C20H20N4O3S/c1-2-10-27-20-9-8-19(11-17(20)12-21)28(25,26)23-18-13-22-24(15-18)14-16-6-4-3-5-7-16/h3-9,11,13,15,23H,2,10,14H2,1H3. The molecule has 8 heteroatoms. The quantitative estimate of drug-likeness (QED) is 0.629. The lowest BCUT2D eigenvalue weighted by Gasteiger charge is -2.10. The summed E-state index contributed by atoms with van der Waals surface area (Å²) in [5, 5.41) is 13.5. The molecule has 1 heterocycles. The maximum Gasteiger partial charge on any atom is 0.262 e. The van der Waals surface area contributed by atoms with E-state index in [2.05, 4.69) is 9.82 Å². The van der Waals surface area contributed by atoms with Crippen molar-refractivity contribution in [2.45, 2.75) is 24.8 Å². The number of sulfonamides is 1. The van der Waals surface area contributed by atoms with Crippen LogP contribution >= 0.6 is 0 Å². The molecule has 3 rings (SSSR count). The third-order valence-electron chi connectivity index (χ3n) is 3.92. The largest absolute Gasteiger partial charge is 0.492 e. The van der Waals surface area contributed by atoms with E-state index in [0.29, 0.717) is 24.6 Å². The van der Waals surface area contributed by atoms with Crippen molar-refractivity contribution in [3.63, 3.8) is 0 Å². The fourth-order valence-electron chi connectivity index (χ4n) is 2.59. The molecule has 0 aliphatic heterocycles. The van der Waals surface area contributed by atoms with Gasteiger partial charge in [0.25, 0.3) is 10.0 Å². The highest BCUT2D eigenvalue weighted by Crippen LogP contribution is 2.24. The van der Waals surface area contributed by atoms with Crippen LogP contribution in [0.1, 0.15) is 24.5 Å². The van der Waals surface area contributed by atoms with Gasteiger partial charge in [0.1, 0.15) is 11.8 Å². The molecule has 0 bridgehead atoms. The molecule has 1 aromatic heterocycles. The summed E-state index contributed by atoms with van der Waals surface area (Å²) in [5.74, 6) is 0.374. The number of anilines is 1. The molecule has 0 radical (unpaired) electrons. The average Bonchev–Trinajstić information content (AvgIpc) is 3.12. The minimum absolute atomic E-state index is 0.0105. The molecule has 0 saturated carbocycles. The van der Waals surface area contributed by atoms with Crippen LogP contribution < -0.4 is 9.46 Å². The minimum atomic E-state index is -3.85. The molecule has 7 nitrogen and oxygen atoms in total. The van der Waals surface area contributed by atoms with Crippen LogP contribution in [0.25, 0.3) is 0 Å². The number of benzene rings is 2. The molecule has 0 aliphatic rings. The summed E-state index contributed by atoms with van der Waals surface area (Å²) in [6.45, 7) is 2.94. The first kappa shape index (κ1) is 19.5. The van der Waals surface area contributed by atoms with E-state index < -0.39 is 10.0 Å². The number of ether oxygens (including phenoxy) is 1. The van der Waals surface area contributed by atoms with Gasteiger partial charge in [0, 0.05) is 6.20 Å². The van der Waals surface area contributed by atoms with Gasteiger partial charge in [0.05, 0.1) is 35.5 Å². The molecule has 0 atom stereocenters. The fraction of sp³-hybridized carbons (Fsp3) is 0.200. The summed E-state index contributed by atoms with van der Waals surface area (Å²) in [5.41, 5.74) is 1.58. The number of aromatic nitrogens is 2. The van der Waals surface area contributed by atoms with Crippen LogP contribution in [0.15, 0.2) is 65.8 Å². The van der Waals surface area contributed by atoms with Crippen LogP contribution in [0.2, 0.25) is 0 Å². The van der Waals surface area contributed by atoms with Crippen LogP contribution in [0.5, 0.6) is 5.75 Å².